The molecule has 0 saturated carbocycles. The molecule has 0 spiro atoms. The molecule has 1 atom stereocenters. The fourth-order valence-electron chi connectivity index (χ4n) is 2.72. The number of nitrogens with one attached hydrogen (secondary N) is 1. The molecular weight excluding hydrogens is 254 g/mol. The number of amidine groups is 1. The molecule has 1 fully saturated rings. The first-order valence-electron chi connectivity index (χ1n) is 7.52. The van der Waals surface area contributed by atoms with Gasteiger partial charge in [0.2, 0.25) is 0 Å². The first-order valence-corrected chi connectivity index (χ1v) is 7.52. The first kappa shape index (κ1) is 17.4. The fourth-order valence-corrected chi connectivity index (χ4v) is 2.72. The number of rotatable bonds is 7. The van der Waals surface area contributed by atoms with Crippen LogP contribution < -0.4 is 5.73 Å². The van der Waals surface area contributed by atoms with Gasteiger partial charge in [-0.2, -0.15) is 0 Å². The number of hydrogen-bond acceptors (Lipinski definition) is 4. The number of morpholine rings is 1. The van der Waals surface area contributed by atoms with Gasteiger partial charge in [0.05, 0.1) is 24.1 Å². The molecule has 0 bridgehead atoms. The second-order valence-electron chi connectivity index (χ2n) is 7.17. The minimum absolute atomic E-state index is 0.0765. The molecule has 0 aromatic rings. The Hall–Kier alpha value is -0.650. The Balaban J connectivity index is 2.33. The van der Waals surface area contributed by atoms with Crippen molar-refractivity contribution in [3.05, 3.63) is 0 Å². The molecule has 5 nitrogen and oxygen atoms in total. The standard InChI is InChI=1S/C15H31N3O2/c1-14(2,13(16)17)7-5-6-8-18-9-12(10-19)20-15(3,4)11-18/h12,19H,5-11H2,1-4H3,(H3,16,17). The Morgan fingerprint density at radius 3 is 2.65 bits per heavy atom. The molecular formula is C15H31N3O2. The highest BCUT2D eigenvalue weighted by Crippen LogP contribution is 2.24. The van der Waals surface area contributed by atoms with Crippen LogP contribution in [0.4, 0.5) is 0 Å². The average Bonchev–Trinajstić information content (AvgIpc) is 2.32. The van der Waals surface area contributed by atoms with Gasteiger partial charge >= 0.3 is 0 Å². The van der Waals surface area contributed by atoms with Gasteiger partial charge < -0.3 is 15.6 Å². The maximum atomic E-state index is 9.29. The van der Waals surface area contributed by atoms with Crippen molar-refractivity contribution in [3.63, 3.8) is 0 Å². The summed E-state index contributed by atoms with van der Waals surface area (Å²) >= 11 is 0. The zero-order valence-electron chi connectivity index (χ0n) is 13.4. The highest BCUT2D eigenvalue weighted by atomic mass is 16.5. The smallest absolute Gasteiger partial charge is 0.0963 e. The normalized spacial score (nSPS) is 23.8. The third-order valence-electron chi connectivity index (χ3n) is 4.01. The molecule has 20 heavy (non-hydrogen) atoms. The molecule has 5 heteroatoms. The van der Waals surface area contributed by atoms with Gasteiger partial charge in [-0.25, -0.2) is 0 Å². The summed E-state index contributed by atoms with van der Waals surface area (Å²) in [4.78, 5) is 2.37. The third kappa shape index (κ3) is 5.38. The first-order chi connectivity index (χ1) is 9.16. The molecule has 0 aromatic heterocycles. The monoisotopic (exact) mass is 285 g/mol. The van der Waals surface area contributed by atoms with Gasteiger partial charge in [0.1, 0.15) is 0 Å². The van der Waals surface area contributed by atoms with E-state index in [-0.39, 0.29) is 29.6 Å². The minimum Gasteiger partial charge on any atom is -0.394 e. The van der Waals surface area contributed by atoms with Crippen molar-refractivity contribution >= 4 is 5.84 Å². The number of aliphatic hydroxyl groups is 1. The van der Waals surface area contributed by atoms with E-state index in [2.05, 4.69) is 18.7 Å². The average molecular weight is 285 g/mol. The summed E-state index contributed by atoms with van der Waals surface area (Å²) in [7, 11) is 0. The van der Waals surface area contributed by atoms with E-state index in [1.54, 1.807) is 0 Å². The number of nitrogens with zero attached hydrogens (tertiary/aromatic N) is 1. The van der Waals surface area contributed by atoms with Crippen LogP contribution >= 0.6 is 0 Å². The van der Waals surface area contributed by atoms with Crippen molar-refractivity contribution in [3.8, 4) is 0 Å². The Kier molecular flexibility index (Phi) is 5.98. The van der Waals surface area contributed by atoms with Crippen LogP contribution in [0.15, 0.2) is 0 Å². The summed E-state index contributed by atoms with van der Waals surface area (Å²) in [5.41, 5.74) is 5.21. The summed E-state index contributed by atoms with van der Waals surface area (Å²) in [6.45, 7) is 11.0. The van der Waals surface area contributed by atoms with Crippen molar-refractivity contribution in [2.75, 3.05) is 26.2 Å². The van der Waals surface area contributed by atoms with Gasteiger partial charge in [0, 0.05) is 18.5 Å². The Bertz CT molecular complexity index is 329. The summed E-state index contributed by atoms with van der Waals surface area (Å²) in [5, 5.41) is 16.8. The van der Waals surface area contributed by atoms with E-state index >= 15 is 0 Å². The second-order valence-corrected chi connectivity index (χ2v) is 7.17. The second kappa shape index (κ2) is 6.87. The lowest BCUT2D eigenvalue weighted by molar-refractivity contribution is -0.148. The molecule has 1 saturated heterocycles. The van der Waals surface area contributed by atoms with Crippen LogP contribution in [0.1, 0.15) is 47.0 Å². The predicted octanol–water partition coefficient (Wildman–Crippen LogP) is 1.59. The number of ether oxygens (including phenoxy) is 1. The van der Waals surface area contributed by atoms with Crippen LogP contribution in [-0.4, -0.2) is 53.8 Å². The summed E-state index contributed by atoms with van der Waals surface area (Å²) in [6, 6.07) is 0. The molecule has 1 heterocycles. The van der Waals surface area contributed by atoms with Crippen molar-refractivity contribution in [1.29, 1.82) is 5.41 Å². The lowest BCUT2D eigenvalue weighted by Crippen LogP contribution is -2.53. The highest BCUT2D eigenvalue weighted by Gasteiger charge is 2.32. The van der Waals surface area contributed by atoms with Gasteiger partial charge in [-0.3, -0.25) is 10.3 Å². The van der Waals surface area contributed by atoms with Gasteiger partial charge in [-0.05, 0) is 33.2 Å². The van der Waals surface area contributed by atoms with Crippen molar-refractivity contribution in [2.24, 2.45) is 11.1 Å². The molecule has 0 aliphatic carbocycles. The lowest BCUT2D eigenvalue weighted by atomic mass is 9.86. The Labute approximate surface area is 123 Å². The number of nitrogens with two attached hydrogens (primary N) is 1. The third-order valence-corrected chi connectivity index (χ3v) is 4.01. The fraction of sp³-hybridized carbons (Fsp3) is 0.933. The van der Waals surface area contributed by atoms with E-state index in [1.165, 1.54) is 0 Å². The number of hydrogen-bond donors (Lipinski definition) is 3. The van der Waals surface area contributed by atoms with Crippen LogP contribution in [0.5, 0.6) is 0 Å². The molecule has 1 rings (SSSR count). The van der Waals surface area contributed by atoms with Crippen LogP contribution in [-0.2, 0) is 4.74 Å². The quantitative estimate of drug-likeness (QED) is 0.377. The van der Waals surface area contributed by atoms with Gasteiger partial charge in [0.15, 0.2) is 0 Å². The van der Waals surface area contributed by atoms with Crippen molar-refractivity contribution < 1.29 is 9.84 Å². The molecule has 0 amide bonds. The molecule has 1 aliphatic rings. The zero-order chi connectivity index (χ0) is 15.4. The highest BCUT2D eigenvalue weighted by molar-refractivity contribution is 5.82. The molecule has 1 aliphatic heterocycles. The molecule has 0 aromatic carbocycles. The van der Waals surface area contributed by atoms with E-state index in [0.29, 0.717) is 0 Å². The minimum atomic E-state index is -0.197. The molecule has 118 valence electrons. The van der Waals surface area contributed by atoms with Crippen molar-refractivity contribution in [2.45, 2.75) is 58.7 Å². The van der Waals surface area contributed by atoms with Crippen molar-refractivity contribution in [1.82, 2.24) is 4.90 Å². The topological polar surface area (TPSA) is 82.6 Å². The van der Waals surface area contributed by atoms with E-state index in [9.17, 15) is 5.11 Å². The Morgan fingerprint density at radius 2 is 2.10 bits per heavy atom. The number of unbranched alkanes of at least 4 members (excludes halogenated alkanes) is 1. The van der Waals surface area contributed by atoms with Crippen LogP contribution in [0.2, 0.25) is 0 Å². The molecule has 4 N–H and O–H groups in total. The summed E-state index contributed by atoms with van der Waals surface area (Å²) in [5.74, 6) is 0.269. The molecule has 1 unspecified atom stereocenters. The van der Waals surface area contributed by atoms with Gasteiger partial charge in [0.25, 0.3) is 0 Å². The maximum Gasteiger partial charge on any atom is 0.0963 e. The van der Waals surface area contributed by atoms with E-state index in [4.69, 9.17) is 15.9 Å². The predicted molar refractivity (Wildman–Crippen MR) is 82.0 cm³/mol. The SMILES string of the molecule is CC1(C)CN(CCCCC(C)(C)C(=N)N)CC(CO)O1. The maximum absolute atomic E-state index is 9.29. The van der Waals surface area contributed by atoms with E-state index in [0.717, 1.165) is 38.9 Å². The summed E-state index contributed by atoms with van der Waals surface area (Å²) in [6.07, 6.45) is 3.02. The van der Waals surface area contributed by atoms with Gasteiger partial charge in [-0.15, -0.1) is 0 Å². The van der Waals surface area contributed by atoms with E-state index < -0.39 is 0 Å². The lowest BCUT2D eigenvalue weighted by Gasteiger charge is -2.42. The Morgan fingerprint density at radius 1 is 1.45 bits per heavy atom. The molecule has 0 radical (unpaired) electrons. The zero-order valence-corrected chi connectivity index (χ0v) is 13.4. The van der Waals surface area contributed by atoms with Crippen LogP contribution in [0.25, 0.3) is 0 Å². The van der Waals surface area contributed by atoms with Gasteiger partial charge in [-0.1, -0.05) is 20.3 Å². The van der Waals surface area contributed by atoms with E-state index in [1.807, 2.05) is 13.8 Å². The number of aliphatic hydroxyl groups excluding tert-OH is 1. The largest absolute Gasteiger partial charge is 0.394 e. The van der Waals surface area contributed by atoms with Crippen LogP contribution in [0, 0.1) is 10.8 Å². The van der Waals surface area contributed by atoms with Crippen LogP contribution in [0.3, 0.4) is 0 Å². The summed E-state index contributed by atoms with van der Waals surface area (Å²) < 4.78 is 5.81.